The Kier molecular flexibility index (Phi) is 4.99. The summed E-state index contributed by atoms with van der Waals surface area (Å²) in [5.41, 5.74) is 8.06. The Balaban J connectivity index is 1.39. The number of hydrogen-bond acceptors (Lipinski definition) is 5. The van der Waals surface area contributed by atoms with E-state index in [1.165, 1.54) is 30.3 Å². The van der Waals surface area contributed by atoms with Gasteiger partial charge in [0.2, 0.25) is 5.91 Å². The number of fused-ring (bicyclic) bond motifs is 2. The number of ether oxygens (including phenoxy) is 2. The van der Waals surface area contributed by atoms with Crippen molar-refractivity contribution in [2.75, 3.05) is 6.54 Å². The van der Waals surface area contributed by atoms with Crippen LogP contribution in [0, 0.1) is 12.7 Å². The maximum Gasteiger partial charge on any atom is 0.586 e. The summed E-state index contributed by atoms with van der Waals surface area (Å²) in [7, 11) is 0. The summed E-state index contributed by atoms with van der Waals surface area (Å²) in [6, 6.07) is 8.58. The number of aryl methyl sites for hydroxylation is 1. The lowest BCUT2D eigenvalue weighted by molar-refractivity contribution is -0.286. The van der Waals surface area contributed by atoms with Gasteiger partial charge in [-0.25, -0.2) is 4.39 Å². The Morgan fingerprint density at radius 1 is 1.12 bits per heavy atom. The van der Waals surface area contributed by atoms with E-state index >= 15 is 0 Å². The Morgan fingerprint density at radius 2 is 1.88 bits per heavy atom. The van der Waals surface area contributed by atoms with E-state index in [2.05, 4.69) is 14.6 Å². The molecule has 8 nitrogen and oxygen atoms in total. The number of primary amides is 1. The largest absolute Gasteiger partial charge is 0.586 e. The standard InChI is InChI=1S/C23H19F3N4O4/c1-12-8-14(3-4-15(12)24)21-20(22(27)32)16-11-29(6-7-30(16)28-21)19(31)10-13-2-5-17-18(9-13)34-23(25,26)33-17/h2-5,8-9H,6-7,10-11H2,1H3,(H2,27,32). The van der Waals surface area contributed by atoms with Crippen molar-refractivity contribution in [1.29, 1.82) is 0 Å². The van der Waals surface area contributed by atoms with Crippen molar-refractivity contribution in [2.45, 2.75) is 32.7 Å². The minimum Gasteiger partial charge on any atom is -0.395 e. The Morgan fingerprint density at radius 3 is 2.62 bits per heavy atom. The lowest BCUT2D eigenvalue weighted by Gasteiger charge is -2.28. The Hall–Kier alpha value is -4.02. The van der Waals surface area contributed by atoms with Gasteiger partial charge in [0.25, 0.3) is 5.91 Å². The maximum absolute atomic E-state index is 13.7. The van der Waals surface area contributed by atoms with Gasteiger partial charge in [-0.1, -0.05) is 6.07 Å². The van der Waals surface area contributed by atoms with Crippen molar-refractivity contribution in [3.8, 4) is 22.8 Å². The summed E-state index contributed by atoms with van der Waals surface area (Å²) in [5, 5.41) is 4.50. The molecule has 11 heteroatoms. The molecule has 2 aliphatic rings. The van der Waals surface area contributed by atoms with Crippen LogP contribution < -0.4 is 15.2 Å². The molecule has 0 unspecified atom stereocenters. The van der Waals surface area contributed by atoms with E-state index in [0.717, 1.165) is 0 Å². The summed E-state index contributed by atoms with van der Waals surface area (Å²) >= 11 is 0. The first kappa shape index (κ1) is 21.8. The number of benzene rings is 2. The first-order chi connectivity index (χ1) is 16.1. The zero-order valence-electron chi connectivity index (χ0n) is 18.0. The Bertz CT molecular complexity index is 1340. The van der Waals surface area contributed by atoms with Crippen molar-refractivity contribution in [3.63, 3.8) is 0 Å². The molecule has 0 saturated carbocycles. The number of carbonyl (C=O) groups excluding carboxylic acids is 2. The number of amides is 2. The van der Waals surface area contributed by atoms with Gasteiger partial charge in [0.15, 0.2) is 11.5 Å². The lowest BCUT2D eigenvalue weighted by atomic mass is 10.0. The van der Waals surface area contributed by atoms with Crippen molar-refractivity contribution in [1.82, 2.24) is 14.7 Å². The van der Waals surface area contributed by atoms with Crippen molar-refractivity contribution in [2.24, 2.45) is 5.73 Å². The van der Waals surface area contributed by atoms with Gasteiger partial charge in [-0.05, 0) is 48.4 Å². The van der Waals surface area contributed by atoms with Crippen molar-refractivity contribution >= 4 is 11.8 Å². The molecule has 0 fully saturated rings. The van der Waals surface area contributed by atoms with E-state index < -0.39 is 12.2 Å². The molecule has 34 heavy (non-hydrogen) atoms. The summed E-state index contributed by atoms with van der Waals surface area (Å²) < 4.78 is 50.7. The number of alkyl halides is 2. The molecular weight excluding hydrogens is 453 g/mol. The van der Waals surface area contributed by atoms with E-state index in [4.69, 9.17) is 5.73 Å². The average Bonchev–Trinajstić information content (AvgIpc) is 3.30. The van der Waals surface area contributed by atoms with Gasteiger partial charge in [-0.15, -0.1) is 8.78 Å². The third-order valence-corrected chi connectivity index (χ3v) is 5.83. The fourth-order valence-electron chi connectivity index (χ4n) is 4.17. The zero-order valence-corrected chi connectivity index (χ0v) is 18.0. The second kappa shape index (κ2) is 7.79. The highest BCUT2D eigenvalue weighted by Gasteiger charge is 2.43. The molecule has 3 heterocycles. The highest BCUT2D eigenvalue weighted by Crippen LogP contribution is 2.41. The smallest absolute Gasteiger partial charge is 0.395 e. The molecule has 5 rings (SSSR count). The summed E-state index contributed by atoms with van der Waals surface area (Å²) in [5.74, 6) is -1.59. The van der Waals surface area contributed by atoms with Crippen LogP contribution in [0.5, 0.6) is 11.5 Å². The van der Waals surface area contributed by atoms with Gasteiger partial charge in [0.05, 0.1) is 30.8 Å². The summed E-state index contributed by atoms with van der Waals surface area (Å²) in [4.78, 5) is 26.8. The SMILES string of the molecule is Cc1cc(-c2nn3c(c2C(N)=O)CN(C(=O)Cc2ccc4c(c2)OC(F)(F)O4)CC3)ccc1F. The van der Waals surface area contributed by atoms with Gasteiger partial charge in [-0.3, -0.25) is 14.3 Å². The second-order valence-electron chi connectivity index (χ2n) is 8.16. The van der Waals surface area contributed by atoms with Crippen LogP contribution in [0.4, 0.5) is 13.2 Å². The van der Waals surface area contributed by atoms with Crippen LogP contribution in [0.15, 0.2) is 36.4 Å². The fourth-order valence-corrected chi connectivity index (χ4v) is 4.17. The van der Waals surface area contributed by atoms with E-state index in [0.29, 0.717) is 41.2 Å². The molecule has 2 amide bonds. The molecule has 3 aromatic rings. The number of nitrogens with zero attached hydrogens (tertiary/aromatic N) is 3. The summed E-state index contributed by atoms with van der Waals surface area (Å²) in [6.45, 7) is 2.36. The number of hydrogen-bond donors (Lipinski definition) is 1. The molecule has 0 bridgehead atoms. The maximum atomic E-state index is 13.7. The highest BCUT2D eigenvalue weighted by molar-refractivity contribution is 6.00. The quantitative estimate of drug-likeness (QED) is 0.630. The monoisotopic (exact) mass is 472 g/mol. The topological polar surface area (TPSA) is 99.7 Å². The van der Waals surface area contributed by atoms with Crippen molar-refractivity contribution < 1.29 is 32.2 Å². The van der Waals surface area contributed by atoms with E-state index in [-0.39, 0.29) is 41.8 Å². The van der Waals surface area contributed by atoms with Gasteiger partial charge in [0, 0.05) is 12.1 Å². The molecule has 0 aliphatic carbocycles. The first-order valence-electron chi connectivity index (χ1n) is 10.4. The molecule has 0 radical (unpaired) electrons. The van der Waals surface area contributed by atoms with Gasteiger partial charge >= 0.3 is 6.29 Å². The lowest BCUT2D eigenvalue weighted by Crippen LogP contribution is -2.40. The first-order valence-corrected chi connectivity index (χ1v) is 10.4. The zero-order chi connectivity index (χ0) is 24.2. The van der Waals surface area contributed by atoms with Gasteiger partial charge < -0.3 is 20.1 Å². The number of nitrogens with two attached hydrogens (primary N) is 1. The molecule has 2 aliphatic heterocycles. The molecule has 176 valence electrons. The van der Waals surface area contributed by atoms with E-state index in [9.17, 15) is 22.8 Å². The number of rotatable bonds is 4. The number of aromatic nitrogens is 2. The van der Waals surface area contributed by atoms with Crippen LogP contribution in [-0.4, -0.2) is 39.3 Å². The normalized spacial score (nSPS) is 15.8. The number of halogens is 3. The molecule has 0 atom stereocenters. The van der Waals surface area contributed by atoms with Crippen LogP contribution in [0.25, 0.3) is 11.3 Å². The van der Waals surface area contributed by atoms with Crippen LogP contribution in [0.1, 0.15) is 27.2 Å². The summed E-state index contributed by atoms with van der Waals surface area (Å²) in [6.07, 6.45) is -3.80. The van der Waals surface area contributed by atoms with Crippen LogP contribution in [0.2, 0.25) is 0 Å². The Labute approximate surface area is 191 Å². The predicted molar refractivity (Wildman–Crippen MR) is 113 cm³/mol. The van der Waals surface area contributed by atoms with Gasteiger partial charge in [-0.2, -0.15) is 5.10 Å². The second-order valence-corrected chi connectivity index (χ2v) is 8.16. The molecule has 2 aromatic carbocycles. The van der Waals surface area contributed by atoms with Crippen LogP contribution in [-0.2, 0) is 24.3 Å². The molecule has 2 N–H and O–H groups in total. The highest BCUT2D eigenvalue weighted by atomic mass is 19.3. The molecule has 0 spiro atoms. The molecular formula is C23H19F3N4O4. The van der Waals surface area contributed by atoms with E-state index in [1.807, 2.05) is 0 Å². The molecule has 0 saturated heterocycles. The van der Waals surface area contributed by atoms with Gasteiger partial charge in [0.1, 0.15) is 11.5 Å². The number of carbonyl (C=O) groups is 2. The molecule has 1 aromatic heterocycles. The van der Waals surface area contributed by atoms with Crippen LogP contribution >= 0.6 is 0 Å². The third-order valence-electron chi connectivity index (χ3n) is 5.83. The van der Waals surface area contributed by atoms with Crippen LogP contribution in [0.3, 0.4) is 0 Å². The predicted octanol–water partition coefficient (Wildman–Crippen LogP) is 3.00. The van der Waals surface area contributed by atoms with Crippen molar-refractivity contribution in [3.05, 3.63) is 64.6 Å². The van der Waals surface area contributed by atoms with E-state index in [1.54, 1.807) is 22.6 Å². The average molecular weight is 472 g/mol. The minimum atomic E-state index is -3.73. The fraction of sp³-hybridized carbons (Fsp3) is 0.261. The minimum absolute atomic E-state index is 0.0632. The third kappa shape index (κ3) is 3.82.